The number of benzene rings is 1. The maximum atomic E-state index is 12.4. The molecule has 0 aliphatic carbocycles. The number of hydrogen-bond donors (Lipinski definition) is 2. The van der Waals surface area contributed by atoms with E-state index >= 15 is 0 Å². The number of hydrogen-bond acceptors (Lipinski definition) is 4. The van der Waals surface area contributed by atoms with Crippen molar-refractivity contribution in [2.45, 2.75) is 18.7 Å². The maximum absolute atomic E-state index is 12.4. The number of pyridine rings is 1. The van der Waals surface area contributed by atoms with Crippen molar-refractivity contribution < 1.29 is 13.5 Å². The topological polar surface area (TPSA) is 79.3 Å². The Bertz CT molecular complexity index is 809. The zero-order valence-electron chi connectivity index (χ0n) is 11.2. The first-order valence-electron chi connectivity index (χ1n) is 5.85. The van der Waals surface area contributed by atoms with Gasteiger partial charge in [-0.3, -0.25) is 4.72 Å². The fraction of sp³-hybridized carbons (Fsp3) is 0.154. The van der Waals surface area contributed by atoms with E-state index in [1.165, 1.54) is 12.3 Å². The Balaban J connectivity index is 2.47. The molecule has 0 saturated heterocycles. The average Bonchev–Trinajstić information content (AvgIpc) is 2.42. The number of sulfonamides is 1. The third kappa shape index (κ3) is 3.30. The highest BCUT2D eigenvalue weighted by molar-refractivity contribution is 9.10. The maximum Gasteiger partial charge on any atom is 0.265 e. The van der Waals surface area contributed by atoms with Crippen LogP contribution in [-0.2, 0) is 10.0 Å². The lowest BCUT2D eigenvalue weighted by Crippen LogP contribution is -2.15. The van der Waals surface area contributed by atoms with Gasteiger partial charge < -0.3 is 5.11 Å². The van der Waals surface area contributed by atoms with Crippen molar-refractivity contribution in [1.82, 2.24) is 4.98 Å². The summed E-state index contributed by atoms with van der Waals surface area (Å²) in [5, 5.41) is 9.75. The number of nitrogens with zero attached hydrogens (tertiary/aromatic N) is 1. The second-order valence-corrected chi connectivity index (χ2v) is 7.38. The molecule has 0 amide bonds. The van der Waals surface area contributed by atoms with Crippen LogP contribution in [0.1, 0.15) is 11.1 Å². The molecule has 2 aromatic rings. The molecule has 0 unspecified atom stereocenters. The third-order valence-corrected chi connectivity index (χ3v) is 5.17. The molecule has 5 nitrogen and oxygen atoms in total. The van der Waals surface area contributed by atoms with Crippen molar-refractivity contribution in [3.05, 3.63) is 45.1 Å². The Kier molecular flexibility index (Phi) is 4.46. The van der Waals surface area contributed by atoms with Gasteiger partial charge in [0.05, 0.1) is 5.69 Å². The summed E-state index contributed by atoms with van der Waals surface area (Å²) >= 11 is 9.00. The minimum atomic E-state index is -3.90. The second-order valence-electron chi connectivity index (χ2n) is 4.45. The van der Waals surface area contributed by atoms with Crippen molar-refractivity contribution in [3.8, 4) is 5.75 Å². The molecule has 0 aliphatic rings. The van der Waals surface area contributed by atoms with Gasteiger partial charge in [0.2, 0.25) is 0 Å². The number of aromatic hydroxyl groups is 1. The van der Waals surface area contributed by atoms with Crippen LogP contribution >= 0.6 is 27.5 Å². The summed E-state index contributed by atoms with van der Waals surface area (Å²) in [7, 11) is -3.90. The molecule has 0 bridgehead atoms. The van der Waals surface area contributed by atoms with E-state index < -0.39 is 10.0 Å². The van der Waals surface area contributed by atoms with Gasteiger partial charge in [0.25, 0.3) is 10.0 Å². The van der Waals surface area contributed by atoms with E-state index in [0.717, 1.165) is 0 Å². The molecule has 0 radical (unpaired) electrons. The van der Waals surface area contributed by atoms with E-state index in [4.69, 9.17) is 11.6 Å². The Hall–Kier alpha value is -1.31. The minimum absolute atomic E-state index is 0.0497. The summed E-state index contributed by atoms with van der Waals surface area (Å²) in [6.07, 6.45) is 1.41. The molecule has 1 heterocycles. The molecular formula is C13H12BrClN2O3S. The fourth-order valence-corrected chi connectivity index (χ4v) is 3.81. The summed E-state index contributed by atoms with van der Waals surface area (Å²) in [5.41, 5.74) is 1.39. The molecular weight excluding hydrogens is 380 g/mol. The molecule has 1 aromatic carbocycles. The van der Waals surface area contributed by atoms with Crippen molar-refractivity contribution >= 4 is 43.2 Å². The highest BCUT2D eigenvalue weighted by atomic mass is 79.9. The lowest BCUT2D eigenvalue weighted by atomic mass is 10.1. The van der Waals surface area contributed by atoms with Gasteiger partial charge in [-0.1, -0.05) is 17.7 Å². The SMILES string of the molecule is Cc1ccc(NS(=O)(=O)c2cc(Br)cnc2Cl)c(C)c1O. The van der Waals surface area contributed by atoms with Gasteiger partial charge in [-0.25, -0.2) is 13.4 Å². The van der Waals surface area contributed by atoms with Crippen LogP contribution in [0.2, 0.25) is 5.15 Å². The zero-order chi connectivity index (χ0) is 15.8. The number of aromatic nitrogens is 1. The first kappa shape index (κ1) is 16.1. The number of nitrogens with one attached hydrogen (secondary N) is 1. The van der Waals surface area contributed by atoms with Crippen LogP contribution in [-0.4, -0.2) is 18.5 Å². The molecule has 0 atom stereocenters. The smallest absolute Gasteiger partial charge is 0.265 e. The standard InChI is InChI=1S/C13H12BrClN2O3S/c1-7-3-4-10(8(2)12(7)18)17-21(19,20)11-5-9(14)6-16-13(11)15/h3-6,17-18H,1-2H3. The van der Waals surface area contributed by atoms with Crippen molar-refractivity contribution in [1.29, 1.82) is 0 Å². The van der Waals surface area contributed by atoms with Gasteiger partial charge in [-0.05, 0) is 47.5 Å². The normalized spacial score (nSPS) is 11.4. The number of aryl methyl sites for hydroxylation is 1. The molecule has 8 heteroatoms. The van der Waals surface area contributed by atoms with Gasteiger partial charge in [-0.2, -0.15) is 0 Å². The van der Waals surface area contributed by atoms with Crippen LogP contribution in [0.25, 0.3) is 0 Å². The van der Waals surface area contributed by atoms with Crippen LogP contribution in [0, 0.1) is 13.8 Å². The molecule has 2 rings (SSSR count). The number of phenols is 1. The molecule has 0 saturated carbocycles. The minimum Gasteiger partial charge on any atom is -0.507 e. The summed E-state index contributed by atoms with van der Waals surface area (Å²) < 4.78 is 27.7. The Morgan fingerprint density at radius 2 is 2.00 bits per heavy atom. The molecule has 1 aromatic heterocycles. The number of phenolic OH excluding ortho intramolecular Hbond substituents is 1. The van der Waals surface area contributed by atoms with Gasteiger partial charge in [0.15, 0.2) is 0 Å². The van der Waals surface area contributed by atoms with E-state index in [1.54, 1.807) is 26.0 Å². The average molecular weight is 392 g/mol. The molecule has 2 N–H and O–H groups in total. The largest absolute Gasteiger partial charge is 0.507 e. The Labute approximate surface area is 136 Å². The summed E-state index contributed by atoms with van der Waals surface area (Å²) in [5.74, 6) is 0.0497. The van der Waals surface area contributed by atoms with Crippen LogP contribution < -0.4 is 4.72 Å². The monoisotopic (exact) mass is 390 g/mol. The Morgan fingerprint density at radius 3 is 2.67 bits per heavy atom. The molecule has 0 spiro atoms. The first-order valence-corrected chi connectivity index (χ1v) is 8.51. The van der Waals surface area contributed by atoms with E-state index in [1.807, 2.05) is 0 Å². The highest BCUT2D eigenvalue weighted by Gasteiger charge is 2.21. The highest BCUT2D eigenvalue weighted by Crippen LogP contribution is 2.31. The Morgan fingerprint density at radius 1 is 1.33 bits per heavy atom. The molecule has 0 fully saturated rings. The summed E-state index contributed by atoms with van der Waals surface area (Å²) in [4.78, 5) is 3.65. The van der Waals surface area contributed by atoms with Crippen LogP contribution in [0.3, 0.4) is 0 Å². The zero-order valence-corrected chi connectivity index (χ0v) is 14.3. The van der Waals surface area contributed by atoms with Crippen molar-refractivity contribution in [2.75, 3.05) is 4.72 Å². The third-order valence-electron chi connectivity index (χ3n) is 2.94. The van der Waals surface area contributed by atoms with E-state index in [2.05, 4.69) is 25.6 Å². The quantitative estimate of drug-likeness (QED) is 0.783. The van der Waals surface area contributed by atoms with Gasteiger partial charge in [-0.15, -0.1) is 0 Å². The molecule has 21 heavy (non-hydrogen) atoms. The number of rotatable bonds is 3. The van der Waals surface area contributed by atoms with Gasteiger partial charge >= 0.3 is 0 Å². The number of anilines is 1. The molecule has 112 valence electrons. The van der Waals surface area contributed by atoms with E-state index in [9.17, 15) is 13.5 Å². The summed E-state index contributed by atoms with van der Waals surface area (Å²) in [6, 6.07) is 4.57. The van der Waals surface area contributed by atoms with E-state index in [-0.39, 0.29) is 21.5 Å². The fourth-order valence-electron chi connectivity index (χ4n) is 1.74. The van der Waals surface area contributed by atoms with Crippen LogP contribution in [0.5, 0.6) is 5.75 Å². The predicted octanol–water partition coefficient (Wildman–Crippen LogP) is 3.62. The van der Waals surface area contributed by atoms with Gasteiger partial charge in [0, 0.05) is 16.2 Å². The number of halogens is 2. The van der Waals surface area contributed by atoms with Crippen molar-refractivity contribution in [3.63, 3.8) is 0 Å². The van der Waals surface area contributed by atoms with E-state index in [0.29, 0.717) is 15.6 Å². The first-order chi connectivity index (χ1) is 9.72. The molecule has 0 aliphatic heterocycles. The van der Waals surface area contributed by atoms with Crippen LogP contribution in [0.15, 0.2) is 33.8 Å². The van der Waals surface area contributed by atoms with Crippen molar-refractivity contribution in [2.24, 2.45) is 0 Å². The van der Waals surface area contributed by atoms with Gasteiger partial charge in [0.1, 0.15) is 15.8 Å². The lowest BCUT2D eigenvalue weighted by molar-refractivity contribution is 0.467. The predicted molar refractivity (Wildman–Crippen MR) is 85.3 cm³/mol. The lowest BCUT2D eigenvalue weighted by Gasteiger charge is -2.13. The summed E-state index contributed by atoms with van der Waals surface area (Å²) in [6.45, 7) is 3.36. The van der Waals surface area contributed by atoms with Crippen LogP contribution in [0.4, 0.5) is 5.69 Å². The second kappa shape index (κ2) is 5.82.